The molecule has 176 valence electrons. The summed E-state index contributed by atoms with van der Waals surface area (Å²) in [5, 5.41) is 6.48. The van der Waals surface area contributed by atoms with E-state index in [-0.39, 0.29) is 40.9 Å². The van der Waals surface area contributed by atoms with Gasteiger partial charge in [-0.15, -0.1) is 24.0 Å². The van der Waals surface area contributed by atoms with Crippen molar-refractivity contribution in [1.29, 1.82) is 0 Å². The molecule has 2 N–H and O–H groups in total. The molecule has 1 saturated heterocycles. The van der Waals surface area contributed by atoms with E-state index < -0.39 is 21.6 Å². The Labute approximate surface area is 199 Å². The standard InChI is InChI=1S/C20H29F3N4O2S.HI/c1-24-18(25-8-9-27-10-12-30(28,29)13-11-27)26-15-19(6-3-7-19)16-4-2-5-17(14-16)20(21,22)23;/h2,4-5,14H,3,6-13,15H2,1H3,(H2,24,25,26);1H. The summed E-state index contributed by atoms with van der Waals surface area (Å²) < 4.78 is 62.3. The molecule has 0 unspecified atom stereocenters. The van der Waals surface area contributed by atoms with Crippen LogP contribution in [0.15, 0.2) is 29.3 Å². The Morgan fingerprint density at radius 2 is 1.87 bits per heavy atom. The molecule has 1 aliphatic carbocycles. The van der Waals surface area contributed by atoms with E-state index in [1.807, 2.05) is 0 Å². The van der Waals surface area contributed by atoms with Crippen LogP contribution in [-0.4, -0.2) is 70.6 Å². The number of alkyl halides is 3. The molecule has 31 heavy (non-hydrogen) atoms. The second-order valence-electron chi connectivity index (χ2n) is 8.06. The van der Waals surface area contributed by atoms with Gasteiger partial charge in [0.2, 0.25) is 0 Å². The van der Waals surface area contributed by atoms with E-state index >= 15 is 0 Å². The number of nitrogens with zero attached hydrogens (tertiary/aromatic N) is 2. The van der Waals surface area contributed by atoms with Crippen LogP contribution in [0.3, 0.4) is 0 Å². The van der Waals surface area contributed by atoms with Crippen molar-refractivity contribution in [3.05, 3.63) is 35.4 Å². The molecule has 2 aliphatic rings. The van der Waals surface area contributed by atoms with Crippen molar-refractivity contribution >= 4 is 39.8 Å². The number of hydrogen-bond acceptors (Lipinski definition) is 4. The van der Waals surface area contributed by atoms with E-state index in [9.17, 15) is 21.6 Å². The van der Waals surface area contributed by atoms with Crippen LogP contribution < -0.4 is 10.6 Å². The fraction of sp³-hybridized carbons (Fsp3) is 0.650. The lowest BCUT2D eigenvalue weighted by Gasteiger charge is -2.43. The number of sulfone groups is 1. The normalized spacial score (nSPS) is 21.0. The largest absolute Gasteiger partial charge is 0.416 e. The highest BCUT2D eigenvalue weighted by molar-refractivity contribution is 14.0. The minimum atomic E-state index is -4.35. The molecule has 2 fully saturated rings. The molecule has 1 aliphatic heterocycles. The van der Waals surface area contributed by atoms with Gasteiger partial charge in [0.25, 0.3) is 0 Å². The highest BCUT2D eigenvalue weighted by atomic mass is 127. The average molecular weight is 574 g/mol. The molecule has 0 spiro atoms. The maximum Gasteiger partial charge on any atom is 0.416 e. The van der Waals surface area contributed by atoms with E-state index in [2.05, 4.69) is 20.5 Å². The molecule has 0 bridgehead atoms. The van der Waals surface area contributed by atoms with E-state index in [1.54, 1.807) is 13.1 Å². The second-order valence-corrected chi connectivity index (χ2v) is 10.4. The molecule has 0 amide bonds. The molecule has 0 atom stereocenters. The molecular weight excluding hydrogens is 544 g/mol. The smallest absolute Gasteiger partial charge is 0.356 e. The summed E-state index contributed by atoms with van der Waals surface area (Å²) in [6.07, 6.45) is -1.69. The van der Waals surface area contributed by atoms with Crippen LogP contribution in [-0.2, 0) is 21.4 Å². The molecule has 1 saturated carbocycles. The lowest BCUT2D eigenvalue weighted by Crippen LogP contribution is -2.50. The summed E-state index contributed by atoms with van der Waals surface area (Å²) in [7, 11) is -1.24. The predicted octanol–water partition coefficient (Wildman–Crippen LogP) is 2.64. The number of nitrogens with one attached hydrogen (secondary N) is 2. The molecular formula is C20H30F3IN4O2S. The Kier molecular flexibility index (Phi) is 9.03. The average Bonchev–Trinajstić information content (AvgIpc) is 2.66. The summed E-state index contributed by atoms with van der Waals surface area (Å²) in [6, 6.07) is 5.62. The second kappa shape index (κ2) is 10.7. The molecule has 3 rings (SSSR count). The number of aliphatic imine (C=N–C) groups is 1. The Morgan fingerprint density at radius 1 is 1.19 bits per heavy atom. The highest BCUT2D eigenvalue weighted by Gasteiger charge is 2.40. The zero-order valence-corrected chi connectivity index (χ0v) is 20.7. The Balaban J connectivity index is 0.00000341. The molecule has 11 heteroatoms. The molecule has 6 nitrogen and oxygen atoms in total. The molecule has 0 radical (unpaired) electrons. The fourth-order valence-electron chi connectivity index (χ4n) is 3.98. The minimum absolute atomic E-state index is 0. The topological polar surface area (TPSA) is 73.8 Å². The van der Waals surface area contributed by atoms with Gasteiger partial charge in [0.15, 0.2) is 15.8 Å². The maximum absolute atomic E-state index is 13.1. The predicted molar refractivity (Wildman–Crippen MR) is 127 cm³/mol. The first-order valence-corrected chi connectivity index (χ1v) is 12.0. The lowest BCUT2D eigenvalue weighted by atomic mass is 9.64. The summed E-state index contributed by atoms with van der Waals surface area (Å²) in [5.41, 5.74) is -0.224. The lowest BCUT2D eigenvalue weighted by molar-refractivity contribution is -0.137. The Bertz CT molecular complexity index is 859. The van der Waals surface area contributed by atoms with Crippen LogP contribution in [0.25, 0.3) is 0 Å². The van der Waals surface area contributed by atoms with Crippen molar-refractivity contribution in [2.24, 2.45) is 4.99 Å². The highest BCUT2D eigenvalue weighted by Crippen LogP contribution is 2.44. The fourth-order valence-corrected chi connectivity index (χ4v) is 5.25. The third-order valence-electron chi connectivity index (χ3n) is 6.09. The van der Waals surface area contributed by atoms with Gasteiger partial charge in [0, 0.05) is 45.2 Å². The maximum atomic E-state index is 13.1. The Morgan fingerprint density at radius 3 is 2.42 bits per heavy atom. The van der Waals surface area contributed by atoms with Gasteiger partial charge in [-0.25, -0.2) is 8.42 Å². The zero-order valence-electron chi connectivity index (χ0n) is 17.5. The third-order valence-corrected chi connectivity index (χ3v) is 7.70. The zero-order chi connectivity index (χ0) is 21.8. The molecule has 1 heterocycles. The number of benzene rings is 1. The van der Waals surface area contributed by atoms with Crippen molar-refractivity contribution in [3.8, 4) is 0 Å². The van der Waals surface area contributed by atoms with Crippen molar-refractivity contribution in [2.75, 3.05) is 51.3 Å². The van der Waals surface area contributed by atoms with Crippen LogP contribution >= 0.6 is 24.0 Å². The first-order valence-electron chi connectivity index (χ1n) is 10.2. The monoisotopic (exact) mass is 574 g/mol. The van der Waals surface area contributed by atoms with Gasteiger partial charge in [-0.3, -0.25) is 9.89 Å². The van der Waals surface area contributed by atoms with E-state index in [0.29, 0.717) is 44.2 Å². The summed E-state index contributed by atoms with van der Waals surface area (Å²) in [4.78, 5) is 6.30. The van der Waals surface area contributed by atoms with Crippen LogP contribution in [0, 0.1) is 0 Å². The van der Waals surface area contributed by atoms with Crippen molar-refractivity contribution in [3.63, 3.8) is 0 Å². The van der Waals surface area contributed by atoms with Crippen LogP contribution in [0.5, 0.6) is 0 Å². The number of hydrogen-bond donors (Lipinski definition) is 2. The first kappa shape index (κ1) is 26.2. The van der Waals surface area contributed by atoms with Gasteiger partial charge in [0.05, 0.1) is 17.1 Å². The Hall–Kier alpha value is -1.08. The van der Waals surface area contributed by atoms with Gasteiger partial charge in [-0.05, 0) is 24.5 Å². The van der Waals surface area contributed by atoms with Crippen molar-refractivity contribution in [2.45, 2.75) is 30.9 Å². The third kappa shape index (κ3) is 6.95. The van der Waals surface area contributed by atoms with E-state index in [1.165, 1.54) is 12.1 Å². The number of halogens is 4. The van der Waals surface area contributed by atoms with Gasteiger partial charge >= 0.3 is 6.18 Å². The van der Waals surface area contributed by atoms with Gasteiger partial charge in [0.1, 0.15) is 0 Å². The van der Waals surface area contributed by atoms with Crippen molar-refractivity contribution in [1.82, 2.24) is 15.5 Å². The summed E-state index contributed by atoms with van der Waals surface area (Å²) in [6.45, 7) is 2.89. The molecule has 1 aromatic rings. The van der Waals surface area contributed by atoms with Crippen molar-refractivity contribution < 1.29 is 21.6 Å². The number of guanidine groups is 1. The van der Waals surface area contributed by atoms with Crippen LogP contribution in [0.1, 0.15) is 30.4 Å². The SMILES string of the molecule is CN=C(NCCN1CCS(=O)(=O)CC1)NCC1(c2cccc(C(F)(F)F)c2)CCC1.I. The van der Waals surface area contributed by atoms with Crippen LogP contribution in [0.4, 0.5) is 13.2 Å². The van der Waals surface area contributed by atoms with Gasteiger partial charge in [-0.1, -0.05) is 24.6 Å². The van der Waals surface area contributed by atoms with Crippen LogP contribution in [0.2, 0.25) is 0 Å². The first-order chi connectivity index (χ1) is 14.1. The molecule has 1 aromatic carbocycles. The number of rotatable bonds is 6. The van der Waals surface area contributed by atoms with Gasteiger partial charge in [-0.2, -0.15) is 13.2 Å². The van der Waals surface area contributed by atoms with E-state index in [0.717, 1.165) is 25.3 Å². The quantitative estimate of drug-likeness (QED) is 0.311. The van der Waals surface area contributed by atoms with Gasteiger partial charge < -0.3 is 10.6 Å². The van der Waals surface area contributed by atoms with E-state index in [4.69, 9.17) is 0 Å². The summed E-state index contributed by atoms with van der Waals surface area (Å²) >= 11 is 0. The minimum Gasteiger partial charge on any atom is -0.356 e. The molecule has 0 aromatic heterocycles. The summed E-state index contributed by atoms with van der Waals surface area (Å²) in [5.74, 6) is 0.983.